The lowest BCUT2D eigenvalue weighted by atomic mass is 10.2. The van der Waals surface area contributed by atoms with Gasteiger partial charge in [0.2, 0.25) is 0 Å². The summed E-state index contributed by atoms with van der Waals surface area (Å²) in [5, 5.41) is 3.49. The van der Waals surface area contributed by atoms with Gasteiger partial charge in [-0.25, -0.2) is 4.31 Å². The maximum Gasteiger partial charge on any atom is 0.0241 e. The Bertz CT molecular complexity index is 97.8. The molecule has 1 saturated heterocycles. The van der Waals surface area contributed by atoms with Gasteiger partial charge in [0.25, 0.3) is 0 Å². The number of piperazine rings is 1. The summed E-state index contributed by atoms with van der Waals surface area (Å²) in [5.41, 5.74) is 0. The zero-order chi connectivity index (χ0) is 7.56. The fourth-order valence-corrected chi connectivity index (χ4v) is 2.17. The van der Waals surface area contributed by atoms with E-state index in [0.29, 0.717) is 12.1 Å². The van der Waals surface area contributed by atoms with Crippen LogP contribution < -0.4 is 5.32 Å². The van der Waals surface area contributed by atoms with Crippen LogP contribution >= 0.6 is 11.9 Å². The Balaban J connectivity index is 2.35. The highest BCUT2D eigenvalue weighted by molar-refractivity contribution is 7.96. The molecule has 1 rings (SSSR count). The van der Waals surface area contributed by atoms with Gasteiger partial charge in [0.15, 0.2) is 0 Å². The summed E-state index contributed by atoms with van der Waals surface area (Å²) in [7, 11) is 0. The molecule has 0 bridgehead atoms. The second-order valence-electron chi connectivity index (χ2n) is 3.00. The number of nitrogens with zero attached hydrogens (tertiary/aromatic N) is 1. The van der Waals surface area contributed by atoms with E-state index in [4.69, 9.17) is 0 Å². The largest absolute Gasteiger partial charge is 0.309 e. The molecule has 0 aromatic rings. The smallest absolute Gasteiger partial charge is 0.0241 e. The van der Waals surface area contributed by atoms with E-state index in [1.54, 1.807) is 0 Å². The minimum Gasteiger partial charge on any atom is -0.309 e. The second-order valence-corrected chi connectivity index (χ2v) is 3.88. The van der Waals surface area contributed by atoms with Crippen molar-refractivity contribution in [3.63, 3.8) is 0 Å². The van der Waals surface area contributed by atoms with E-state index in [9.17, 15) is 0 Å². The molecule has 2 atom stereocenters. The van der Waals surface area contributed by atoms with E-state index in [-0.39, 0.29) is 0 Å². The Morgan fingerprint density at radius 1 is 1.30 bits per heavy atom. The highest BCUT2D eigenvalue weighted by atomic mass is 32.2. The molecule has 0 spiro atoms. The summed E-state index contributed by atoms with van der Waals surface area (Å²) in [6.45, 7) is 6.81. The zero-order valence-electron chi connectivity index (χ0n) is 6.92. The van der Waals surface area contributed by atoms with Gasteiger partial charge < -0.3 is 5.32 Å². The number of hydrogen-bond acceptors (Lipinski definition) is 3. The van der Waals surface area contributed by atoms with E-state index in [1.807, 2.05) is 11.9 Å². The van der Waals surface area contributed by atoms with Crippen LogP contribution in [0.1, 0.15) is 13.8 Å². The second kappa shape index (κ2) is 3.60. The molecule has 3 heteroatoms. The SMILES string of the molecule is CSN1CC(C)NC(C)C1. The van der Waals surface area contributed by atoms with Crippen molar-refractivity contribution in [2.24, 2.45) is 0 Å². The van der Waals surface area contributed by atoms with Crippen LogP contribution in [0.25, 0.3) is 0 Å². The molecule has 60 valence electrons. The van der Waals surface area contributed by atoms with Gasteiger partial charge >= 0.3 is 0 Å². The Kier molecular flexibility index (Phi) is 3.01. The molecule has 0 aromatic carbocycles. The molecule has 1 fully saturated rings. The lowest BCUT2D eigenvalue weighted by Gasteiger charge is -2.34. The van der Waals surface area contributed by atoms with E-state index in [1.165, 1.54) is 13.1 Å². The summed E-state index contributed by atoms with van der Waals surface area (Å²) in [6, 6.07) is 1.30. The highest BCUT2D eigenvalue weighted by Crippen LogP contribution is 2.11. The van der Waals surface area contributed by atoms with Gasteiger partial charge in [-0.1, -0.05) is 11.9 Å². The van der Waals surface area contributed by atoms with Gasteiger partial charge in [0.05, 0.1) is 0 Å². The molecule has 1 N–H and O–H groups in total. The van der Waals surface area contributed by atoms with E-state index in [0.717, 1.165) is 0 Å². The summed E-state index contributed by atoms with van der Waals surface area (Å²) in [6.07, 6.45) is 2.14. The third kappa shape index (κ3) is 2.15. The third-order valence-electron chi connectivity index (χ3n) is 1.78. The van der Waals surface area contributed by atoms with Crippen LogP contribution in [0.5, 0.6) is 0 Å². The van der Waals surface area contributed by atoms with Crippen molar-refractivity contribution < 1.29 is 0 Å². The average Bonchev–Trinajstić information content (AvgIpc) is 1.85. The first kappa shape index (κ1) is 8.37. The molecule has 0 radical (unpaired) electrons. The molecular formula is C7H16N2S. The third-order valence-corrected chi connectivity index (χ3v) is 2.60. The Hall–Kier alpha value is 0.270. The maximum atomic E-state index is 3.49. The van der Waals surface area contributed by atoms with Crippen LogP contribution in [0.2, 0.25) is 0 Å². The van der Waals surface area contributed by atoms with Crippen LogP contribution in [0.4, 0.5) is 0 Å². The molecule has 0 aromatic heterocycles. The quantitative estimate of drug-likeness (QED) is 0.575. The fourth-order valence-electron chi connectivity index (χ4n) is 1.43. The molecule has 2 unspecified atom stereocenters. The van der Waals surface area contributed by atoms with Gasteiger partial charge in [0.1, 0.15) is 0 Å². The molecule has 1 aliphatic rings. The minimum absolute atomic E-state index is 0.649. The lowest BCUT2D eigenvalue weighted by Crippen LogP contribution is -2.51. The van der Waals surface area contributed by atoms with Crippen LogP contribution in [0, 0.1) is 0 Å². The van der Waals surface area contributed by atoms with Crippen LogP contribution in [0.15, 0.2) is 0 Å². The van der Waals surface area contributed by atoms with Gasteiger partial charge in [0, 0.05) is 25.2 Å². The van der Waals surface area contributed by atoms with E-state index >= 15 is 0 Å². The topological polar surface area (TPSA) is 15.3 Å². The van der Waals surface area contributed by atoms with Crippen molar-refractivity contribution >= 4 is 11.9 Å². The first-order valence-corrected chi connectivity index (χ1v) is 4.95. The van der Waals surface area contributed by atoms with Crippen LogP contribution in [0.3, 0.4) is 0 Å². The van der Waals surface area contributed by atoms with Crippen LogP contribution in [-0.4, -0.2) is 35.7 Å². The average molecular weight is 160 g/mol. The highest BCUT2D eigenvalue weighted by Gasteiger charge is 2.19. The molecule has 10 heavy (non-hydrogen) atoms. The van der Waals surface area contributed by atoms with Gasteiger partial charge in [-0.3, -0.25) is 0 Å². The van der Waals surface area contributed by atoms with Crippen molar-refractivity contribution in [1.29, 1.82) is 0 Å². The van der Waals surface area contributed by atoms with Gasteiger partial charge in [-0.2, -0.15) is 0 Å². The summed E-state index contributed by atoms with van der Waals surface area (Å²) < 4.78 is 2.41. The maximum absolute atomic E-state index is 3.49. The zero-order valence-corrected chi connectivity index (χ0v) is 7.74. The van der Waals surface area contributed by atoms with Gasteiger partial charge in [-0.05, 0) is 20.1 Å². The van der Waals surface area contributed by atoms with Gasteiger partial charge in [-0.15, -0.1) is 0 Å². The van der Waals surface area contributed by atoms with Crippen molar-refractivity contribution in [2.75, 3.05) is 19.3 Å². The summed E-state index contributed by atoms with van der Waals surface area (Å²) in [4.78, 5) is 0. The molecule has 1 heterocycles. The summed E-state index contributed by atoms with van der Waals surface area (Å²) >= 11 is 1.85. The number of rotatable bonds is 1. The predicted octanol–water partition coefficient (Wildman–Crippen LogP) is 0.947. The predicted molar refractivity (Wildman–Crippen MR) is 47.1 cm³/mol. The fraction of sp³-hybridized carbons (Fsp3) is 1.00. The first-order chi connectivity index (χ1) is 4.72. The summed E-state index contributed by atoms with van der Waals surface area (Å²) in [5.74, 6) is 0. The number of nitrogens with one attached hydrogen (secondary N) is 1. The van der Waals surface area contributed by atoms with Crippen LogP contribution in [-0.2, 0) is 0 Å². The lowest BCUT2D eigenvalue weighted by molar-refractivity contribution is 0.281. The molecule has 0 saturated carbocycles. The van der Waals surface area contributed by atoms with Crippen molar-refractivity contribution in [1.82, 2.24) is 9.62 Å². The molecule has 2 nitrogen and oxygen atoms in total. The Morgan fingerprint density at radius 2 is 1.80 bits per heavy atom. The Morgan fingerprint density at radius 3 is 2.20 bits per heavy atom. The van der Waals surface area contributed by atoms with E-state index < -0.39 is 0 Å². The first-order valence-electron chi connectivity index (χ1n) is 3.77. The molecular weight excluding hydrogens is 144 g/mol. The molecule has 0 aliphatic carbocycles. The molecule has 0 amide bonds. The molecule has 1 aliphatic heterocycles. The monoisotopic (exact) mass is 160 g/mol. The van der Waals surface area contributed by atoms with Crippen molar-refractivity contribution in [3.8, 4) is 0 Å². The normalized spacial score (nSPS) is 36.3. The Labute approximate surface area is 67.5 Å². The standard InChI is InChI=1S/C7H16N2S/c1-6-4-9(10-3)5-7(2)8-6/h6-8H,4-5H2,1-3H3. The van der Waals surface area contributed by atoms with Crippen molar-refractivity contribution in [3.05, 3.63) is 0 Å². The number of hydrogen-bond donors (Lipinski definition) is 1. The van der Waals surface area contributed by atoms with Crippen molar-refractivity contribution in [2.45, 2.75) is 25.9 Å². The minimum atomic E-state index is 0.649. The van der Waals surface area contributed by atoms with E-state index in [2.05, 4.69) is 29.7 Å².